The quantitative estimate of drug-likeness (QED) is 0.830. The third-order valence-electron chi connectivity index (χ3n) is 3.75. The number of aromatic amines is 1. The molecule has 0 bridgehead atoms. The Morgan fingerprint density at radius 2 is 2.39 bits per heavy atom. The lowest BCUT2D eigenvalue weighted by Crippen LogP contribution is -2.24. The van der Waals surface area contributed by atoms with Gasteiger partial charge in [-0.25, -0.2) is 0 Å². The molecule has 2 aromatic rings. The number of tetrazole rings is 1. The van der Waals surface area contributed by atoms with Crippen LogP contribution in [0, 0.1) is 18.3 Å². The number of benzene rings is 1. The highest BCUT2D eigenvalue weighted by molar-refractivity contribution is 5.96. The zero-order chi connectivity index (χ0) is 16.2. The number of nitrogens with zero attached hydrogens (tertiary/aromatic N) is 5. The summed E-state index contributed by atoms with van der Waals surface area (Å²) in [5.74, 6) is 0.369. The van der Waals surface area contributed by atoms with E-state index in [2.05, 4.69) is 25.9 Å². The zero-order valence-corrected chi connectivity index (χ0v) is 12.6. The molecule has 3 rings (SSSR count). The monoisotopic (exact) mass is 309 g/mol. The largest absolute Gasteiger partial charge is 0.360 e. The second-order valence-electron chi connectivity index (χ2n) is 5.15. The van der Waals surface area contributed by atoms with Crippen molar-refractivity contribution in [3.63, 3.8) is 0 Å². The normalized spacial score (nSPS) is 14.9. The number of allylic oxidation sites excluding steroid dienone is 1. The predicted octanol–water partition coefficient (Wildman–Crippen LogP) is 1.61. The highest BCUT2D eigenvalue weighted by Crippen LogP contribution is 2.30. The van der Waals surface area contributed by atoms with Crippen molar-refractivity contribution in [2.24, 2.45) is 0 Å². The van der Waals surface area contributed by atoms with Crippen molar-refractivity contribution in [3.05, 3.63) is 35.8 Å². The summed E-state index contributed by atoms with van der Waals surface area (Å²) in [4.78, 5) is 13.7. The molecule has 0 unspecified atom stereocenters. The van der Waals surface area contributed by atoms with Crippen molar-refractivity contribution < 1.29 is 4.79 Å². The molecule has 1 fully saturated rings. The molecule has 2 heterocycles. The first-order chi connectivity index (χ1) is 11.2. The Morgan fingerprint density at radius 3 is 3.04 bits per heavy atom. The highest BCUT2D eigenvalue weighted by atomic mass is 16.2. The number of nitriles is 1. The van der Waals surface area contributed by atoms with E-state index in [0.717, 1.165) is 29.9 Å². The molecule has 0 radical (unpaired) electrons. The lowest BCUT2D eigenvalue weighted by molar-refractivity contribution is -0.117. The first kappa shape index (κ1) is 14.7. The summed E-state index contributed by atoms with van der Waals surface area (Å²) in [6.07, 6.45) is 3.00. The smallest absolute Gasteiger partial charge is 0.227 e. The van der Waals surface area contributed by atoms with Crippen molar-refractivity contribution in [1.29, 1.82) is 5.26 Å². The fourth-order valence-electron chi connectivity index (χ4n) is 2.55. The van der Waals surface area contributed by atoms with Gasteiger partial charge in [-0.2, -0.15) is 10.5 Å². The summed E-state index contributed by atoms with van der Waals surface area (Å²) in [6.45, 7) is 2.68. The van der Waals surface area contributed by atoms with Gasteiger partial charge in [0.2, 0.25) is 11.7 Å². The second kappa shape index (κ2) is 6.27. The van der Waals surface area contributed by atoms with E-state index in [0.29, 0.717) is 6.42 Å². The Morgan fingerprint density at radius 1 is 1.52 bits per heavy atom. The van der Waals surface area contributed by atoms with Gasteiger partial charge in [0.25, 0.3) is 0 Å². The van der Waals surface area contributed by atoms with Crippen molar-refractivity contribution >= 4 is 22.9 Å². The first-order valence-electron chi connectivity index (χ1n) is 7.21. The summed E-state index contributed by atoms with van der Waals surface area (Å²) in [6, 6.07) is 7.72. The van der Waals surface area contributed by atoms with Gasteiger partial charge >= 0.3 is 0 Å². The van der Waals surface area contributed by atoms with Crippen LogP contribution in [-0.2, 0) is 4.79 Å². The van der Waals surface area contributed by atoms with Gasteiger partial charge in [-0.05, 0) is 36.3 Å². The Hall–Kier alpha value is -3.21. The number of amides is 1. The third kappa shape index (κ3) is 2.89. The molecular formula is C15H15N7O. The molecular weight excluding hydrogens is 294 g/mol. The SMILES string of the molecule is Cc1c(NC=C(C#N)c2nn[nH]n2)cccc1N1CCCC1=O. The van der Waals surface area contributed by atoms with Gasteiger partial charge in [0.15, 0.2) is 0 Å². The number of hydrogen-bond acceptors (Lipinski definition) is 6. The van der Waals surface area contributed by atoms with Crippen LogP contribution in [0.15, 0.2) is 24.4 Å². The van der Waals surface area contributed by atoms with Crippen molar-refractivity contribution in [3.8, 4) is 6.07 Å². The molecule has 8 heteroatoms. The summed E-state index contributed by atoms with van der Waals surface area (Å²) in [5, 5.41) is 25.6. The molecule has 1 aromatic carbocycles. The summed E-state index contributed by atoms with van der Waals surface area (Å²) in [7, 11) is 0. The molecule has 1 aromatic heterocycles. The minimum Gasteiger partial charge on any atom is -0.360 e. The van der Waals surface area contributed by atoms with E-state index in [1.165, 1.54) is 6.20 Å². The van der Waals surface area contributed by atoms with Crippen molar-refractivity contribution in [2.45, 2.75) is 19.8 Å². The van der Waals surface area contributed by atoms with Gasteiger partial charge in [0.1, 0.15) is 11.6 Å². The topological polar surface area (TPSA) is 111 Å². The number of hydrogen-bond donors (Lipinski definition) is 2. The van der Waals surface area contributed by atoms with Crippen LogP contribution in [0.4, 0.5) is 11.4 Å². The van der Waals surface area contributed by atoms with Crippen LogP contribution in [-0.4, -0.2) is 33.1 Å². The van der Waals surface area contributed by atoms with E-state index in [1.54, 1.807) is 4.90 Å². The molecule has 1 aliphatic heterocycles. The molecule has 1 aliphatic rings. The van der Waals surface area contributed by atoms with E-state index in [9.17, 15) is 10.1 Å². The first-order valence-corrected chi connectivity index (χ1v) is 7.21. The predicted molar refractivity (Wildman–Crippen MR) is 84.2 cm³/mol. The van der Waals surface area contributed by atoms with E-state index >= 15 is 0 Å². The highest BCUT2D eigenvalue weighted by Gasteiger charge is 2.23. The average Bonchev–Trinajstić information content (AvgIpc) is 3.21. The Bertz CT molecular complexity index is 789. The van der Waals surface area contributed by atoms with E-state index in [4.69, 9.17) is 0 Å². The molecule has 0 atom stereocenters. The van der Waals surface area contributed by atoms with Crippen LogP contribution in [0.25, 0.3) is 5.57 Å². The molecule has 8 nitrogen and oxygen atoms in total. The number of anilines is 2. The molecule has 0 aliphatic carbocycles. The van der Waals surface area contributed by atoms with Crippen molar-refractivity contribution in [2.75, 3.05) is 16.8 Å². The summed E-state index contributed by atoms with van der Waals surface area (Å²) >= 11 is 0. The lowest BCUT2D eigenvalue weighted by atomic mass is 10.1. The van der Waals surface area contributed by atoms with Crippen LogP contribution < -0.4 is 10.2 Å². The molecule has 116 valence electrons. The number of rotatable bonds is 4. The summed E-state index contributed by atoms with van der Waals surface area (Å²) < 4.78 is 0. The van der Waals surface area contributed by atoms with Crippen LogP contribution in [0.5, 0.6) is 0 Å². The van der Waals surface area contributed by atoms with Gasteiger partial charge < -0.3 is 10.2 Å². The van der Waals surface area contributed by atoms with E-state index < -0.39 is 0 Å². The van der Waals surface area contributed by atoms with Crippen LogP contribution >= 0.6 is 0 Å². The fraction of sp³-hybridized carbons (Fsp3) is 0.267. The maximum atomic E-state index is 11.9. The van der Waals surface area contributed by atoms with Gasteiger partial charge in [0.05, 0.1) is 0 Å². The minimum absolute atomic E-state index is 0.144. The molecule has 0 saturated carbocycles. The maximum absolute atomic E-state index is 11.9. The molecule has 23 heavy (non-hydrogen) atoms. The second-order valence-corrected chi connectivity index (χ2v) is 5.15. The van der Waals surface area contributed by atoms with Crippen LogP contribution in [0.2, 0.25) is 0 Å². The standard InChI is InChI=1S/C15H15N7O/c1-10-12(17-9-11(8-16)15-18-20-21-19-15)4-2-5-13(10)22-7-3-6-14(22)23/h2,4-5,9,17H,3,6-7H2,1H3,(H,18,19,20,21). The molecule has 2 N–H and O–H groups in total. The number of nitrogens with one attached hydrogen (secondary N) is 2. The Balaban J connectivity index is 1.87. The Kier molecular flexibility index (Phi) is 4.01. The van der Waals surface area contributed by atoms with Gasteiger partial charge in [-0.1, -0.05) is 6.07 Å². The Labute approximate surface area is 132 Å². The fourth-order valence-corrected chi connectivity index (χ4v) is 2.55. The minimum atomic E-state index is 0.144. The molecule has 0 spiro atoms. The number of H-pyrrole nitrogens is 1. The summed E-state index contributed by atoms with van der Waals surface area (Å²) in [5.41, 5.74) is 2.92. The van der Waals surface area contributed by atoms with Gasteiger partial charge in [0, 0.05) is 30.5 Å². The van der Waals surface area contributed by atoms with Crippen LogP contribution in [0.3, 0.4) is 0 Å². The lowest BCUT2D eigenvalue weighted by Gasteiger charge is -2.20. The number of carbonyl (C=O) groups excluding carboxylic acids is 1. The molecule has 1 amide bonds. The average molecular weight is 309 g/mol. The number of carbonyl (C=O) groups is 1. The van der Waals surface area contributed by atoms with Gasteiger partial charge in [-0.3, -0.25) is 4.79 Å². The zero-order valence-electron chi connectivity index (χ0n) is 12.6. The van der Waals surface area contributed by atoms with Gasteiger partial charge in [-0.15, -0.1) is 10.2 Å². The molecule has 1 saturated heterocycles. The van der Waals surface area contributed by atoms with E-state index in [1.807, 2.05) is 31.2 Å². The number of aromatic nitrogens is 4. The third-order valence-corrected chi connectivity index (χ3v) is 3.75. The van der Waals surface area contributed by atoms with E-state index in [-0.39, 0.29) is 17.3 Å². The maximum Gasteiger partial charge on any atom is 0.227 e. The van der Waals surface area contributed by atoms with Crippen LogP contribution in [0.1, 0.15) is 24.2 Å². The van der Waals surface area contributed by atoms with Crippen molar-refractivity contribution in [1.82, 2.24) is 20.6 Å².